The lowest BCUT2D eigenvalue weighted by Crippen LogP contribution is -2.38. The van der Waals surface area contributed by atoms with E-state index in [0.29, 0.717) is 11.0 Å². The number of rotatable bonds is 5. The molecule has 0 aliphatic rings. The van der Waals surface area contributed by atoms with Gasteiger partial charge in [0.1, 0.15) is 0 Å². The van der Waals surface area contributed by atoms with Crippen molar-refractivity contribution in [1.82, 2.24) is 25.4 Å². The number of aryl methyl sites for hydroxylation is 1. The number of aromatic nitrogens is 3. The van der Waals surface area contributed by atoms with Gasteiger partial charge in [0.15, 0.2) is 11.0 Å². The highest BCUT2D eigenvalue weighted by Crippen LogP contribution is 2.31. The molecule has 3 aromatic rings. The Morgan fingerprint density at radius 3 is 2.32 bits per heavy atom. The lowest BCUT2D eigenvalue weighted by molar-refractivity contribution is -0.117. The summed E-state index contributed by atoms with van der Waals surface area (Å²) < 4.78 is 1.96. The zero-order valence-corrected chi connectivity index (χ0v) is 19.2. The number of hydrogen-bond acceptors (Lipinski definition) is 5. The van der Waals surface area contributed by atoms with Crippen LogP contribution in [0.25, 0.3) is 17.1 Å². The Kier molecular flexibility index (Phi) is 6.80. The number of carbonyl (C=O) groups excluding carboxylic acids is 2. The first kappa shape index (κ1) is 22.6. The van der Waals surface area contributed by atoms with E-state index in [9.17, 15) is 9.59 Å². The van der Waals surface area contributed by atoms with Crippen LogP contribution in [0, 0.1) is 6.92 Å². The predicted octanol–water partition coefficient (Wildman–Crippen LogP) is 4.09. The molecule has 0 radical (unpaired) electrons. The highest BCUT2D eigenvalue weighted by molar-refractivity contribution is 7.99. The molecular formula is C23H27N5O2S. The van der Waals surface area contributed by atoms with Gasteiger partial charge >= 0.3 is 6.03 Å². The van der Waals surface area contributed by atoms with Crippen LogP contribution in [-0.4, -0.2) is 39.5 Å². The lowest BCUT2D eigenvalue weighted by atomic mass is 9.87. The molecule has 2 aromatic carbocycles. The second-order valence-corrected chi connectivity index (χ2v) is 9.11. The van der Waals surface area contributed by atoms with Gasteiger partial charge in [-0.15, -0.1) is 10.2 Å². The summed E-state index contributed by atoms with van der Waals surface area (Å²) in [6.07, 6.45) is 0. The molecule has 3 rings (SSSR count). The van der Waals surface area contributed by atoms with Crippen molar-refractivity contribution in [2.24, 2.45) is 0 Å². The molecule has 162 valence electrons. The van der Waals surface area contributed by atoms with Gasteiger partial charge in [0.2, 0.25) is 5.91 Å². The number of nitrogens with zero attached hydrogens (tertiary/aromatic N) is 3. The van der Waals surface area contributed by atoms with Crippen LogP contribution in [0.15, 0.2) is 53.7 Å². The Labute approximate surface area is 186 Å². The van der Waals surface area contributed by atoms with Crippen molar-refractivity contribution in [2.45, 2.75) is 38.3 Å². The van der Waals surface area contributed by atoms with Gasteiger partial charge in [-0.05, 0) is 29.5 Å². The maximum absolute atomic E-state index is 12.1. The number of nitrogens with one attached hydrogen (secondary N) is 2. The molecule has 0 unspecified atom stereocenters. The van der Waals surface area contributed by atoms with Crippen LogP contribution in [0.1, 0.15) is 31.9 Å². The molecule has 7 nitrogen and oxygen atoms in total. The number of carbonyl (C=O) groups is 2. The molecule has 8 heteroatoms. The quantitative estimate of drug-likeness (QED) is 0.587. The summed E-state index contributed by atoms with van der Waals surface area (Å²) in [5, 5.41) is 14.0. The second kappa shape index (κ2) is 9.34. The maximum atomic E-state index is 12.1. The molecule has 1 heterocycles. The summed E-state index contributed by atoms with van der Waals surface area (Å²) in [5.74, 6) is 0.337. The molecule has 0 aliphatic carbocycles. The van der Waals surface area contributed by atoms with Gasteiger partial charge in [0.05, 0.1) is 11.4 Å². The van der Waals surface area contributed by atoms with Crippen molar-refractivity contribution in [2.75, 3.05) is 12.8 Å². The zero-order valence-electron chi connectivity index (χ0n) is 18.4. The van der Waals surface area contributed by atoms with E-state index < -0.39 is 11.9 Å². The summed E-state index contributed by atoms with van der Waals surface area (Å²) in [4.78, 5) is 23.4. The molecule has 0 fully saturated rings. The molecule has 1 aromatic heterocycles. The van der Waals surface area contributed by atoms with E-state index in [1.54, 1.807) is 0 Å². The first-order chi connectivity index (χ1) is 14.7. The molecule has 0 aliphatic heterocycles. The third-order valence-corrected chi connectivity index (χ3v) is 5.74. The van der Waals surface area contributed by atoms with Crippen LogP contribution in [0.5, 0.6) is 0 Å². The van der Waals surface area contributed by atoms with Crippen molar-refractivity contribution in [1.29, 1.82) is 0 Å². The zero-order chi connectivity index (χ0) is 22.6. The third kappa shape index (κ3) is 5.32. The van der Waals surface area contributed by atoms with Gasteiger partial charge in [0.25, 0.3) is 0 Å². The minimum Gasteiger partial charge on any atom is -0.341 e. The number of hydrogen-bond donors (Lipinski definition) is 2. The number of urea groups is 1. The number of benzene rings is 2. The molecule has 31 heavy (non-hydrogen) atoms. The van der Waals surface area contributed by atoms with E-state index >= 15 is 0 Å². The van der Waals surface area contributed by atoms with Crippen LogP contribution in [0.3, 0.4) is 0 Å². The third-order valence-electron chi connectivity index (χ3n) is 4.81. The van der Waals surface area contributed by atoms with Crippen molar-refractivity contribution in [3.8, 4) is 17.1 Å². The average Bonchev–Trinajstić information content (AvgIpc) is 3.15. The van der Waals surface area contributed by atoms with E-state index in [4.69, 9.17) is 0 Å². The Morgan fingerprint density at radius 1 is 1.03 bits per heavy atom. The normalized spacial score (nSPS) is 11.3. The summed E-state index contributed by atoms with van der Waals surface area (Å²) in [6, 6.07) is 15.7. The highest BCUT2D eigenvalue weighted by atomic mass is 32.2. The molecule has 0 atom stereocenters. The average molecular weight is 438 g/mol. The maximum Gasteiger partial charge on any atom is 0.321 e. The standard InChI is InChI=1S/C23H27N5O2S/c1-15-8-6-7-9-18(15)28-20(16-10-12-17(13-11-16)23(2,3)4)26-27-22(28)31-14-19(29)25-21(30)24-5/h6-13H,14H2,1-5H3,(H2,24,25,29,30). The molecule has 0 spiro atoms. The van der Waals surface area contributed by atoms with Gasteiger partial charge in [-0.25, -0.2) is 4.79 Å². The second-order valence-electron chi connectivity index (χ2n) is 8.17. The smallest absolute Gasteiger partial charge is 0.321 e. The Hall–Kier alpha value is -3.13. The van der Waals surface area contributed by atoms with Gasteiger partial charge in [-0.3, -0.25) is 14.7 Å². The molecule has 2 N–H and O–H groups in total. The SMILES string of the molecule is CNC(=O)NC(=O)CSc1nnc(-c2ccc(C(C)(C)C)cc2)n1-c1ccccc1C. The summed E-state index contributed by atoms with van der Waals surface area (Å²) >= 11 is 1.23. The predicted molar refractivity (Wildman–Crippen MR) is 124 cm³/mol. The molecular weight excluding hydrogens is 410 g/mol. The van der Waals surface area contributed by atoms with Crippen molar-refractivity contribution < 1.29 is 9.59 Å². The first-order valence-corrected chi connectivity index (χ1v) is 11.0. The molecule has 0 saturated heterocycles. The van der Waals surface area contributed by atoms with Gasteiger partial charge < -0.3 is 5.32 Å². The first-order valence-electron chi connectivity index (χ1n) is 9.97. The number of amides is 3. The molecule has 0 bridgehead atoms. The number of imide groups is 1. The summed E-state index contributed by atoms with van der Waals surface area (Å²) in [6.45, 7) is 8.55. The number of thioether (sulfide) groups is 1. The molecule has 3 amide bonds. The van der Waals surface area contributed by atoms with Crippen LogP contribution in [-0.2, 0) is 10.2 Å². The van der Waals surface area contributed by atoms with Crippen LogP contribution in [0.2, 0.25) is 0 Å². The van der Waals surface area contributed by atoms with Crippen molar-refractivity contribution in [3.63, 3.8) is 0 Å². The highest BCUT2D eigenvalue weighted by Gasteiger charge is 2.20. The van der Waals surface area contributed by atoms with E-state index in [1.807, 2.05) is 47.9 Å². The topological polar surface area (TPSA) is 88.9 Å². The minimum atomic E-state index is -0.536. The summed E-state index contributed by atoms with van der Waals surface area (Å²) in [7, 11) is 1.46. The largest absolute Gasteiger partial charge is 0.341 e. The fourth-order valence-electron chi connectivity index (χ4n) is 3.06. The van der Waals surface area contributed by atoms with Crippen LogP contribution >= 0.6 is 11.8 Å². The lowest BCUT2D eigenvalue weighted by Gasteiger charge is -2.19. The fraction of sp³-hybridized carbons (Fsp3) is 0.304. The van der Waals surface area contributed by atoms with Gasteiger partial charge in [-0.1, -0.05) is 75.0 Å². The van der Waals surface area contributed by atoms with E-state index in [1.165, 1.54) is 24.4 Å². The Morgan fingerprint density at radius 2 is 1.71 bits per heavy atom. The van der Waals surface area contributed by atoms with E-state index in [0.717, 1.165) is 16.8 Å². The number of para-hydroxylation sites is 1. The van der Waals surface area contributed by atoms with E-state index in [-0.39, 0.29) is 11.2 Å². The summed E-state index contributed by atoms with van der Waals surface area (Å²) in [5.41, 5.74) is 4.23. The van der Waals surface area contributed by atoms with Crippen molar-refractivity contribution in [3.05, 3.63) is 59.7 Å². The fourth-order valence-corrected chi connectivity index (χ4v) is 3.80. The van der Waals surface area contributed by atoms with Gasteiger partial charge in [-0.2, -0.15) is 0 Å². The van der Waals surface area contributed by atoms with Gasteiger partial charge in [0, 0.05) is 12.6 Å². The van der Waals surface area contributed by atoms with E-state index in [2.05, 4.69) is 53.7 Å². The minimum absolute atomic E-state index is 0.0421. The van der Waals surface area contributed by atoms with Crippen LogP contribution in [0.4, 0.5) is 4.79 Å². The Balaban J connectivity index is 1.98. The Bertz CT molecular complexity index is 1080. The van der Waals surface area contributed by atoms with Crippen molar-refractivity contribution >= 4 is 23.7 Å². The monoisotopic (exact) mass is 437 g/mol. The molecule has 0 saturated carbocycles. The van der Waals surface area contributed by atoms with Crippen LogP contribution < -0.4 is 10.6 Å².